The van der Waals surface area contributed by atoms with E-state index in [4.69, 9.17) is 10.3 Å². The van der Waals surface area contributed by atoms with E-state index in [1.54, 1.807) is 0 Å². The van der Waals surface area contributed by atoms with Crippen LogP contribution in [0.4, 0.5) is 10.1 Å². The normalized spacial score (nSPS) is 22.9. The molecule has 1 aromatic carbocycles. The Morgan fingerprint density at radius 3 is 3.00 bits per heavy atom. The molecule has 0 radical (unpaired) electrons. The second-order valence-electron chi connectivity index (χ2n) is 5.67. The molecular formula is C15H18FN3O. The van der Waals surface area contributed by atoms with Crippen LogP contribution in [0.25, 0.3) is 11.5 Å². The first-order chi connectivity index (χ1) is 9.63. The van der Waals surface area contributed by atoms with Crippen molar-refractivity contribution in [1.82, 2.24) is 10.1 Å². The van der Waals surface area contributed by atoms with E-state index in [0.717, 1.165) is 12.8 Å². The average Bonchev–Trinajstić information content (AvgIpc) is 2.91. The van der Waals surface area contributed by atoms with Crippen LogP contribution in [0.3, 0.4) is 0 Å². The quantitative estimate of drug-likeness (QED) is 0.848. The lowest BCUT2D eigenvalue weighted by molar-refractivity contribution is 0.324. The van der Waals surface area contributed by atoms with Crippen LogP contribution >= 0.6 is 0 Å². The first-order valence-electron chi connectivity index (χ1n) is 7.02. The third-order valence-corrected chi connectivity index (χ3v) is 3.96. The maximum atomic E-state index is 13.8. The van der Waals surface area contributed by atoms with Crippen molar-refractivity contribution in [2.24, 2.45) is 5.92 Å². The number of hydrogen-bond donors (Lipinski definition) is 1. The summed E-state index contributed by atoms with van der Waals surface area (Å²) in [6.07, 6.45) is 4.58. The van der Waals surface area contributed by atoms with Gasteiger partial charge in [0.2, 0.25) is 0 Å². The van der Waals surface area contributed by atoms with Crippen LogP contribution in [0, 0.1) is 11.7 Å². The lowest BCUT2D eigenvalue weighted by atomic mass is 9.82. The summed E-state index contributed by atoms with van der Waals surface area (Å²) in [5.41, 5.74) is 6.43. The van der Waals surface area contributed by atoms with Crippen LogP contribution in [0.5, 0.6) is 0 Å². The summed E-state index contributed by atoms with van der Waals surface area (Å²) in [6.45, 7) is 2.24. The van der Waals surface area contributed by atoms with Gasteiger partial charge < -0.3 is 10.3 Å². The Labute approximate surface area is 117 Å². The van der Waals surface area contributed by atoms with Gasteiger partial charge in [-0.25, -0.2) is 4.39 Å². The number of benzene rings is 1. The van der Waals surface area contributed by atoms with Gasteiger partial charge in [0, 0.05) is 11.6 Å². The van der Waals surface area contributed by atoms with Crippen molar-refractivity contribution < 1.29 is 8.91 Å². The van der Waals surface area contributed by atoms with Crippen LogP contribution in [-0.2, 0) is 0 Å². The van der Waals surface area contributed by atoms with Gasteiger partial charge in [0.25, 0.3) is 5.89 Å². The minimum Gasteiger partial charge on any atom is -0.399 e. The second kappa shape index (κ2) is 5.23. The number of anilines is 1. The molecule has 2 aromatic rings. The maximum Gasteiger partial charge on any atom is 0.260 e. The van der Waals surface area contributed by atoms with Crippen molar-refractivity contribution >= 4 is 5.69 Å². The highest BCUT2D eigenvalue weighted by Gasteiger charge is 2.25. The average molecular weight is 275 g/mol. The van der Waals surface area contributed by atoms with Gasteiger partial charge in [-0.05, 0) is 37.0 Å². The lowest BCUT2D eigenvalue weighted by Gasteiger charge is -2.23. The molecule has 0 aliphatic heterocycles. The Kier molecular flexibility index (Phi) is 3.42. The molecule has 1 aliphatic carbocycles. The SMILES string of the molecule is CC1CCCC(c2noc(-c3cc(N)ccc3F)n2)C1. The molecule has 1 heterocycles. The molecule has 0 saturated heterocycles. The van der Waals surface area contributed by atoms with E-state index in [9.17, 15) is 4.39 Å². The molecule has 1 fully saturated rings. The molecule has 106 valence electrons. The fourth-order valence-corrected chi connectivity index (χ4v) is 2.89. The molecule has 0 amide bonds. The summed E-state index contributed by atoms with van der Waals surface area (Å²) in [4.78, 5) is 4.37. The third-order valence-electron chi connectivity index (χ3n) is 3.96. The molecule has 4 nitrogen and oxygen atoms in total. The number of nitrogen functional groups attached to an aromatic ring is 1. The van der Waals surface area contributed by atoms with E-state index >= 15 is 0 Å². The van der Waals surface area contributed by atoms with E-state index in [0.29, 0.717) is 23.3 Å². The highest BCUT2D eigenvalue weighted by atomic mass is 19.1. The summed E-state index contributed by atoms with van der Waals surface area (Å²) < 4.78 is 19.0. The smallest absolute Gasteiger partial charge is 0.260 e. The van der Waals surface area contributed by atoms with Crippen LogP contribution < -0.4 is 5.73 Å². The lowest BCUT2D eigenvalue weighted by Crippen LogP contribution is -2.12. The number of halogens is 1. The van der Waals surface area contributed by atoms with Gasteiger partial charge in [-0.2, -0.15) is 4.98 Å². The molecule has 1 aliphatic rings. The standard InChI is InChI=1S/C15H18FN3O/c1-9-3-2-4-10(7-9)14-18-15(20-19-14)12-8-11(17)5-6-13(12)16/h5-6,8-10H,2-4,7,17H2,1H3. The van der Waals surface area contributed by atoms with Gasteiger partial charge in [-0.3, -0.25) is 0 Å². The highest BCUT2D eigenvalue weighted by Crippen LogP contribution is 2.35. The highest BCUT2D eigenvalue weighted by molar-refractivity contribution is 5.60. The molecular weight excluding hydrogens is 257 g/mol. The van der Waals surface area contributed by atoms with Gasteiger partial charge in [0.05, 0.1) is 5.56 Å². The Bertz CT molecular complexity index is 611. The van der Waals surface area contributed by atoms with Crippen LogP contribution in [-0.4, -0.2) is 10.1 Å². The van der Waals surface area contributed by atoms with Gasteiger partial charge in [0.15, 0.2) is 5.82 Å². The molecule has 5 heteroatoms. The Morgan fingerprint density at radius 1 is 1.35 bits per heavy atom. The van der Waals surface area contributed by atoms with E-state index < -0.39 is 5.82 Å². The van der Waals surface area contributed by atoms with Crippen molar-refractivity contribution in [3.05, 3.63) is 29.8 Å². The molecule has 2 atom stereocenters. The molecule has 0 spiro atoms. The first-order valence-corrected chi connectivity index (χ1v) is 7.02. The number of aromatic nitrogens is 2. The first kappa shape index (κ1) is 13.1. The predicted molar refractivity (Wildman–Crippen MR) is 74.5 cm³/mol. The van der Waals surface area contributed by atoms with Crippen molar-refractivity contribution in [2.75, 3.05) is 5.73 Å². The van der Waals surface area contributed by atoms with Gasteiger partial charge in [-0.15, -0.1) is 0 Å². The topological polar surface area (TPSA) is 64.9 Å². The van der Waals surface area contributed by atoms with Crippen LogP contribution in [0.2, 0.25) is 0 Å². The van der Waals surface area contributed by atoms with Crippen molar-refractivity contribution in [3.63, 3.8) is 0 Å². The Morgan fingerprint density at radius 2 is 2.20 bits per heavy atom. The summed E-state index contributed by atoms with van der Waals surface area (Å²) in [7, 11) is 0. The minimum atomic E-state index is -0.397. The summed E-state index contributed by atoms with van der Waals surface area (Å²) in [5.74, 6) is 1.50. The molecule has 3 rings (SSSR count). The van der Waals surface area contributed by atoms with Crippen molar-refractivity contribution in [3.8, 4) is 11.5 Å². The maximum absolute atomic E-state index is 13.8. The fraction of sp³-hybridized carbons (Fsp3) is 0.467. The largest absolute Gasteiger partial charge is 0.399 e. The predicted octanol–water partition coefficient (Wildman–Crippen LogP) is 3.75. The van der Waals surface area contributed by atoms with E-state index in [2.05, 4.69) is 17.1 Å². The number of hydrogen-bond acceptors (Lipinski definition) is 4. The second-order valence-corrected chi connectivity index (χ2v) is 5.67. The molecule has 1 aromatic heterocycles. The van der Waals surface area contributed by atoms with E-state index in [-0.39, 0.29) is 11.5 Å². The van der Waals surface area contributed by atoms with Gasteiger partial charge in [0.1, 0.15) is 5.82 Å². The zero-order valence-corrected chi connectivity index (χ0v) is 11.5. The zero-order chi connectivity index (χ0) is 14.1. The van der Waals surface area contributed by atoms with Crippen molar-refractivity contribution in [1.29, 1.82) is 0 Å². The number of nitrogens with zero attached hydrogens (tertiary/aromatic N) is 2. The summed E-state index contributed by atoms with van der Waals surface area (Å²) >= 11 is 0. The molecule has 20 heavy (non-hydrogen) atoms. The Balaban J connectivity index is 1.88. The van der Waals surface area contributed by atoms with Crippen LogP contribution in [0.15, 0.2) is 22.7 Å². The summed E-state index contributed by atoms with van der Waals surface area (Å²) in [5, 5.41) is 4.03. The van der Waals surface area contributed by atoms with Gasteiger partial charge in [-0.1, -0.05) is 24.9 Å². The van der Waals surface area contributed by atoms with E-state index in [1.165, 1.54) is 31.0 Å². The Hall–Kier alpha value is -1.91. The molecule has 2 unspecified atom stereocenters. The van der Waals surface area contributed by atoms with Gasteiger partial charge >= 0.3 is 0 Å². The third kappa shape index (κ3) is 2.53. The zero-order valence-electron chi connectivity index (χ0n) is 11.5. The minimum absolute atomic E-state index is 0.211. The fourth-order valence-electron chi connectivity index (χ4n) is 2.89. The molecule has 2 N–H and O–H groups in total. The van der Waals surface area contributed by atoms with Crippen LogP contribution in [0.1, 0.15) is 44.3 Å². The molecule has 0 bridgehead atoms. The summed E-state index contributed by atoms with van der Waals surface area (Å²) in [6, 6.07) is 4.35. The number of rotatable bonds is 2. The monoisotopic (exact) mass is 275 g/mol. The van der Waals surface area contributed by atoms with Crippen molar-refractivity contribution in [2.45, 2.75) is 38.5 Å². The number of nitrogens with two attached hydrogens (primary N) is 1. The van der Waals surface area contributed by atoms with E-state index in [1.807, 2.05) is 0 Å². The molecule has 1 saturated carbocycles.